The first-order valence-corrected chi connectivity index (χ1v) is 7.42. The molecule has 0 saturated carbocycles. The van der Waals surface area contributed by atoms with Crippen molar-refractivity contribution in [3.8, 4) is 11.5 Å². The van der Waals surface area contributed by atoms with Crippen LogP contribution in [0.2, 0.25) is 0 Å². The zero-order valence-corrected chi connectivity index (χ0v) is 13.3. The van der Waals surface area contributed by atoms with Gasteiger partial charge in [0.15, 0.2) is 0 Å². The SMILES string of the molecule is CC(N)c1ccc(OCCOc2cccc(Br)c2)cc1F. The van der Waals surface area contributed by atoms with Gasteiger partial charge in [-0.2, -0.15) is 0 Å². The van der Waals surface area contributed by atoms with Crippen LogP contribution in [-0.2, 0) is 0 Å². The fraction of sp³-hybridized carbons (Fsp3) is 0.250. The fourth-order valence-electron chi connectivity index (χ4n) is 1.84. The predicted molar refractivity (Wildman–Crippen MR) is 84.1 cm³/mol. The molecule has 0 aliphatic carbocycles. The highest BCUT2D eigenvalue weighted by Crippen LogP contribution is 2.21. The van der Waals surface area contributed by atoms with Crippen LogP contribution in [0.5, 0.6) is 11.5 Å². The molecular formula is C16H17BrFNO2. The van der Waals surface area contributed by atoms with Crippen molar-refractivity contribution < 1.29 is 13.9 Å². The Bertz CT molecular complexity index is 605. The average Bonchev–Trinajstić information content (AvgIpc) is 2.43. The molecule has 5 heteroatoms. The van der Waals surface area contributed by atoms with E-state index in [1.807, 2.05) is 24.3 Å². The Morgan fingerprint density at radius 3 is 2.33 bits per heavy atom. The van der Waals surface area contributed by atoms with Crippen LogP contribution >= 0.6 is 15.9 Å². The van der Waals surface area contributed by atoms with Gasteiger partial charge >= 0.3 is 0 Å². The number of halogens is 2. The maximum atomic E-state index is 13.7. The lowest BCUT2D eigenvalue weighted by atomic mass is 10.1. The van der Waals surface area contributed by atoms with Gasteiger partial charge in [0.1, 0.15) is 30.5 Å². The van der Waals surface area contributed by atoms with Crippen molar-refractivity contribution in [1.82, 2.24) is 0 Å². The van der Waals surface area contributed by atoms with Gasteiger partial charge in [-0.1, -0.05) is 28.1 Å². The lowest BCUT2D eigenvalue weighted by Crippen LogP contribution is -2.10. The van der Waals surface area contributed by atoms with Crippen molar-refractivity contribution in [3.05, 3.63) is 58.3 Å². The number of rotatable bonds is 6. The number of hydrogen-bond acceptors (Lipinski definition) is 3. The van der Waals surface area contributed by atoms with E-state index in [-0.39, 0.29) is 11.9 Å². The van der Waals surface area contributed by atoms with Crippen LogP contribution < -0.4 is 15.2 Å². The number of hydrogen-bond donors (Lipinski definition) is 1. The number of nitrogens with two attached hydrogens (primary N) is 1. The third kappa shape index (κ3) is 4.72. The molecular weight excluding hydrogens is 337 g/mol. The molecule has 0 fully saturated rings. The highest BCUT2D eigenvalue weighted by Gasteiger charge is 2.08. The molecule has 21 heavy (non-hydrogen) atoms. The van der Waals surface area contributed by atoms with Crippen LogP contribution in [0.1, 0.15) is 18.5 Å². The Balaban J connectivity index is 1.82. The van der Waals surface area contributed by atoms with Crippen molar-refractivity contribution in [2.24, 2.45) is 5.73 Å². The first-order valence-electron chi connectivity index (χ1n) is 6.62. The summed E-state index contributed by atoms with van der Waals surface area (Å²) in [7, 11) is 0. The molecule has 0 aromatic heterocycles. The summed E-state index contributed by atoms with van der Waals surface area (Å²) in [5.41, 5.74) is 6.14. The molecule has 0 saturated heterocycles. The summed E-state index contributed by atoms with van der Waals surface area (Å²) in [5.74, 6) is 0.872. The van der Waals surface area contributed by atoms with Crippen LogP contribution in [0.25, 0.3) is 0 Å². The molecule has 2 aromatic carbocycles. The molecule has 0 aliphatic rings. The van der Waals surface area contributed by atoms with Crippen LogP contribution in [-0.4, -0.2) is 13.2 Å². The molecule has 2 N–H and O–H groups in total. The predicted octanol–water partition coefficient (Wildman–Crippen LogP) is 4.07. The van der Waals surface area contributed by atoms with Crippen LogP contribution in [0.4, 0.5) is 4.39 Å². The van der Waals surface area contributed by atoms with Crippen molar-refractivity contribution in [2.75, 3.05) is 13.2 Å². The van der Waals surface area contributed by atoms with Crippen molar-refractivity contribution >= 4 is 15.9 Å². The molecule has 0 aliphatic heterocycles. The van der Waals surface area contributed by atoms with E-state index in [1.165, 1.54) is 6.07 Å². The van der Waals surface area contributed by atoms with E-state index in [2.05, 4.69) is 15.9 Å². The zero-order valence-electron chi connectivity index (χ0n) is 11.7. The number of ether oxygens (including phenoxy) is 2. The summed E-state index contributed by atoms with van der Waals surface area (Å²) >= 11 is 3.37. The Morgan fingerprint density at radius 1 is 1.10 bits per heavy atom. The largest absolute Gasteiger partial charge is 0.490 e. The van der Waals surface area contributed by atoms with Gasteiger partial charge in [-0.05, 0) is 31.2 Å². The molecule has 0 bridgehead atoms. The van der Waals surface area contributed by atoms with Gasteiger partial charge in [0.2, 0.25) is 0 Å². The molecule has 1 atom stereocenters. The number of benzene rings is 2. The van der Waals surface area contributed by atoms with E-state index in [0.29, 0.717) is 24.5 Å². The zero-order chi connectivity index (χ0) is 15.2. The minimum absolute atomic E-state index is 0.334. The maximum absolute atomic E-state index is 13.7. The normalized spacial score (nSPS) is 12.0. The molecule has 1 unspecified atom stereocenters. The second-order valence-corrected chi connectivity index (χ2v) is 5.54. The summed E-state index contributed by atoms with van der Waals surface area (Å²) in [4.78, 5) is 0. The quantitative estimate of drug-likeness (QED) is 0.796. The van der Waals surface area contributed by atoms with Crippen LogP contribution in [0, 0.1) is 5.82 Å². The van der Waals surface area contributed by atoms with Gasteiger partial charge < -0.3 is 15.2 Å². The summed E-state index contributed by atoms with van der Waals surface area (Å²) < 4.78 is 25.7. The first-order chi connectivity index (χ1) is 10.1. The molecule has 0 spiro atoms. The van der Waals surface area contributed by atoms with E-state index in [0.717, 1.165) is 10.2 Å². The highest BCUT2D eigenvalue weighted by atomic mass is 79.9. The van der Waals surface area contributed by atoms with E-state index in [4.69, 9.17) is 15.2 Å². The molecule has 2 rings (SSSR count). The summed E-state index contributed by atoms with van der Waals surface area (Å²) in [6.45, 7) is 2.46. The van der Waals surface area contributed by atoms with Gasteiger partial charge in [-0.25, -0.2) is 4.39 Å². The minimum atomic E-state index is -0.351. The van der Waals surface area contributed by atoms with Gasteiger partial charge in [-0.3, -0.25) is 0 Å². The van der Waals surface area contributed by atoms with Gasteiger partial charge in [-0.15, -0.1) is 0 Å². The Hall–Kier alpha value is -1.59. The van der Waals surface area contributed by atoms with E-state index >= 15 is 0 Å². The van der Waals surface area contributed by atoms with Gasteiger partial charge in [0.05, 0.1) is 0 Å². The maximum Gasteiger partial charge on any atom is 0.131 e. The summed E-state index contributed by atoms with van der Waals surface area (Å²) in [6.07, 6.45) is 0. The molecule has 0 radical (unpaired) electrons. The van der Waals surface area contributed by atoms with Crippen LogP contribution in [0.3, 0.4) is 0 Å². The Morgan fingerprint density at radius 2 is 1.76 bits per heavy atom. The van der Waals surface area contributed by atoms with Crippen molar-refractivity contribution in [3.63, 3.8) is 0 Å². The molecule has 0 amide bonds. The lowest BCUT2D eigenvalue weighted by Gasteiger charge is -2.11. The summed E-state index contributed by atoms with van der Waals surface area (Å²) in [6, 6.07) is 11.9. The van der Waals surface area contributed by atoms with Gasteiger partial charge in [0.25, 0.3) is 0 Å². The molecule has 2 aromatic rings. The van der Waals surface area contributed by atoms with E-state index in [9.17, 15) is 4.39 Å². The molecule has 112 valence electrons. The van der Waals surface area contributed by atoms with E-state index in [1.54, 1.807) is 19.1 Å². The fourth-order valence-corrected chi connectivity index (χ4v) is 2.22. The molecule has 3 nitrogen and oxygen atoms in total. The van der Waals surface area contributed by atoms with Gasteiger partial charge in [0, 0.05) is 22.1 Å². The second kappa shape index (κ2) is 7.43. The monoisotopic (exact) mass is 353 g/mol. The van der Waals surface area contributed by atoms with Crippen molar-refractivity contribution in [1.29, 1.82) is 0 Å². The first kappa shape index (κ1) is 15.8. The standard InChI is InChI=1S/C16H17BrFNO2/c1-11(19)15-6-5-14(10-16(15)18)21-8-7-20-13-4-2-3-12(17)9-13/h2-6,9-11H,7-8,19H2,1H3. The Kier molecular flexibility index (Phi) is 5.59. The third-order valence-corrected chi connectivity index (χ3v) is 3.37. The third-order valence-electron chi connectivity index (χ3n) is 2.88. The van der Waals surface area contributed by atoms with Crippen LogP contribution in [0.15, 0.2) is 46.9 Å². The topological polar surface area (TPSA) is 44.5 Å². The van der Waals surface area contributed by atoms with E-state index < -0.39 is 0 Å². The van der Waals surface area contributed by atoms with Crippen molar-refractivity contribution in [2.45, 2.75) is 13.0 Å². The highest BCUT2D eigenvalue weighted by molar-refractivity contribution is 9.10. The minimum Gasteiger partial charge on any atom is -0.490 e. The smallest absolute Gasteiger partial charge is 0.131 e. The Labute approximate surface area is 132 Å². The average molecular weight is 354 g/mol. The summed E-state index contributed by atoms with van der Waals surface area (Å²) in [5, 5.41) is 0. The lowest BCUT2D eigenvalue weighted by molar-refractivity contribution is 0.216. The molecule has 0 heterocycles. The second-order valence-electron chi connectivity index (χ2n) is 4.63.